The minimum atomic E-state index is -0.375. The van der Waals surface area contributed by atoms with Crippen molar-refractivity contribution in [1.29, 1.82) is 0 Å². The van der Waals surface area contributed by atoms with E-state index in [1.165, 1.54) is 0 Å². The van der Waals surface area contributed by atoms with E-state index in [1.54, 1.807) is 12.0 Å². The van der Waals surface area contributed by atoms with Gasteiger partial charge in [0.2, 0.25) is 0 Å². The van der Waals surface area contributed by atoms with Gasteiger partial charge in [-0.05, 0) is 18.0 Å². The number of ether oxygens (including phenoxy) is 1. The van der Waals surface area contributed by atoms with E-state index in [1.807, 2.05) is 0 Å². The maximum atomic E-state index is 10.5. The molecule has 58 valence electrons. The lowest BCUT2D eigenvalue weighted by Crippen LogP contribution is -2.24. The van der Waals surface area contributed by atoms with Crippen molar-refractivity contribution >= 4 is 17.0 Å². The van der Waals surface area contributed by atoms with Crippen LogP contribution in [0.15, 0.2) is 0 Å². The van der Waals surface area contributed by atoms with E-state index >= 15 is 0 Å². The van der Waals surface area contributed by atoms with E-state index in [4.69, 9.17) is 16.3 Å². The van der Waals surface area contributed by atoms with Gasteiger partial charge >= 0.3 is 5.37 Å². The van der Waals surface area contributed by atoms with Crippen LogP contribution in [0.4, 0.5) is 4.79 Å². The van der Waals surface area contributed by atoms with E-state index in [0.717, 1.165) is 13.0 Å². The predicted octanol–water partition coefficient (Wildman–Crippen LogP) is 1.07. The van der Waals surface area contributed by atoms with Crippen molar-refractivity contribution in [3.05, 3.63) is 0 Å². The Morgan fingerprint density at radius 1 is 1.80 bits per heavy atom. The Morgan fingerprint density at radius 2 is 2.50 bits per heavy atom. The number of nitrogens with zero attached hydrogens (tertiary/aromatic N) is 1. The summed E-state index contributed by atoms with van der Waals surface area (Å²) in [5.74, 6) is 0. The fourth-order valence-electron chi connectivity index (χ4n) is 1.08. The summed E-state index contributed by atoms with van der Waals surface area (Å²) in [4.78, 5) is 12.1. The SMILES string of the molecule is COC1CCN(C(=O)Cl)C1. The number of methoxy groups -OCH3 is 1. The van der Waals surface area contributed by atoms with Gasteiger partial charge in [0.25, 0.3) is 0 Å². The molecule has 1 aliphatic rings. The first kappa shape index (κ1) is 7.82. The van der Waals surface area contributed by atoms with Crippen LogP contribution in [0.3, 0.4) is 0 Å². The Bertz CT molecular complexity index is 140. The van der Waals surface area contributed by atoms with Crippen molar-refractivity contribution in [3.63, 3.8) is 0 Å². The Kier molecular flexibility index (Phi) is 2.51. The molecule has 0 aromatic rings. The third-order valence-electron chi connectivity index (χ3n) is 1.73. The zero-order valence-corrected chi connectivity index (χ0v) is 6.60. The molecule has 0 aromatic carbocycles. The van der Waals surface area contributed by atoms with Crippen molar-refractivity contribution in [2.45, 2.75) is 12.5 Å². The Balaban J connectivity index is 2.35. The second-order valence-corrected chi connectivity index (χ2v) is 2.67. The molecule has 1 heterocycles. The molecule has 1 aliphatic heterocycles. The first-order chi connectivity index (χ1) is 4.74. The first-order valence-corrected chi connectivity index (χ1v) is 3.59. The molecule has 0 saturated carbocycles. The molecule has 0 N–H and O–H groups in total. The molecular weight excluding hydrogens is 154 g/mol. The van der Waals surface area contributed by atoms with Crippen molar-refractivity contribution in [2.24, 2.45) is 0 Å². The number of amides is 1. The minimum absolute atomic E-state index is 0.183. The maximum absolute atomic E-state index is 10.5. The van der Waals surface area contributed by atoms with Gasteiger partial charge in [0.15, 0.2) is 0 Å². The zero-order chi connectivity index (χ0) is 7.56. The van der Waals surface area contributed by atoms with Crippen LogP contribution >= 0.6 is 11.6 Å². The number of carbonyl (C=O) groups excluding carboxylic acids is 1. The Morgan fingerprint density at radius 3 is 2.80 bits per heavy atom. The molecule has 0 bridgehead atoms. The summed E-state index contributed by atoms with van der Waals surface area (Å²) >= 11 is 5.24. The Hall–Kier alpha value is -0.280. The molecule has 1 rings (SSSR count). The second kappa shape index (κ2) is 3.21. The van der Waals surface area contributed by atoms with Crippen molar-refractivity contribution < 1.29 is 9.53 Å². The van der Waals surface area contributed by atoms with Gasteiger partial charge < -0.3 is 9.64 Å². The van der Waals surface area contributed by atoms with Gasteiger partial charge in [-0.25, -0.2) is 0 Å². The highest BCUT2D eigenvalue weighted by Crippen LogP contribution is 2.13. The molecule has 10 heavy (non-hydrogen) atoms. The quantitative estimate of drug-likeness (QED) is 0.428. The fraction of sp³-hybridized carbons (Fsp3) is 0.833. The zero-order valence-electron chi connectivity index (χ0n) is 5.84. The molecule has 1 amide bonds. The maximum Gasteiger partial charge on any atom is 0.316 e. The van der Waals surface area contributed by atoms with Crippen LogP contribution < -0.4 is 0 Å². The third-order valence-corrected chi connectivity index (χ3v) is 1.97. The van der Waals surface area contributed by atoms with Gasteiger partial charge in [0.1, 0.15) is 0 Å². The van der Waals surface area contributed by atoms with Gasteiger partial charge in [0.05, 0.1) is 6.10 Å². The van der Waals surface area contributed by atoms with Crippen LogP contribution in [0.25, 0.3) is 0 Å². The van der Waals surface area contributed by atoms with Gasteiger partial charge in [0, 0.05) is 20.2 Å². The van der Waals surface area contributed by atoms with Gasteiger partial charge in [-0.2, -0.15) is 0 Å². The van der Waals surface area contributed by atoms with E-state index in [9.17, 15) is 4.79 Å². The first-order valence-electron chi connectivity index (χ1n) is 3.21. The molecule has 4 heteroatoms. The van der Waals surface area contributed by atoms with Crippen LogP contribution in [-0.4, -0.2) is 36.6 Å². The summed E-state index contributed by atoms with van der Waals surface area (Å²) in [6.45, 7) is 1.36. The molecule has 0 spiro atoms. The van der Waals surface area contributed by atoms with Gasteiger partial charge in [-0.15, -0.1) is 0 Å². The molecule has 0 aliphatic carbocycles. The summed E-state index contributed by atoms with van der Waals surface area (Å²) in [7, 11) is 1.65. The van der Waals surface area contributed by atoms with E-state index < -0.39 is 0 Å². The van der Waals surface area contributed by atoms with Crippen molar-refractivity contribution in [2.75, 3.05) is 20.2 Å². The van der Waals surface area contributed by atoms with Crippen molar-refractivity contribution in [1.82, 2.24) is 4.90 Å². The van der Waals surface area contributed by atoms with Gasteiger partial charge in [-0.3, -0.25) is 4.79 Å². The third kappa shape index (κ3) is 1.61. The molecule has 0 radical (unpaired) electrons. The summed E-state index contributed by atoms with van der Waals surface area (Å²) in [5, 5.41) is -0.375. The molecule has 1 fully saturated rings. The van der Waals surface area contributed by atoms with Crippen LogP contribution in [0.1, 0.15) is 6.42 Å². The van der Waals surface area contributed by atoms with Gasteiger partial charge in [-0.1, -0.05) is 0 Å². The summed E-state index contributed by atoms with van der Waals surface area (Å²) in [5.41, 5.74) is 0. The van der Waals surface area contributed by atoms with Crippen LogP contribution in [0.2, 0.25) is 0 Å². The van der Waals surface area contributed by atoms with Crippen LogP contribution in [-0.2, 0) is 4.74 Å². The highest BCUT2D eigenvalue weighted by molar-refractivity contribution is 6.62. The number of rotatable bonds is 1. The smallest absolute Gasteiger partial charge is 0.316 e. The lowest BCUT2D eigenvalue weighted by atomic mass is 10.3. The predicted molar refractivity (Wildman–Crippen MR) is 38.2 cm³/mol. The summed E-state index contributed by atoms with van der Waals surface area (Å²) in [6.07, 6.45) is 1.08. The number of hydrogen-bond donors (Lipinski definition) is 0. The molecule has 1 unspecified atom stereocenters. The molecule has 3 nitrogen and oxygen atoms in total. The molecular formula is C6H10ClNO2. The normalized spacial score (nSPS) is 25.4. The lowest BCUT2D eigenvalue weighted by Gasteiger charge is -2.10. The van der Waals surface area contributed by atoms with E-state index in [0.29, 0.717) is 6.54 Å². The van der Waals surface area contributed by atoms with Crippen molar-refractivity contribution in [3.8, 4) is 0 Å². The number of hydrogen-bond acceptors (Lipinski definition) is 2. The standard InChI is InChI=1S/C6H10ClNO2/c1-10-5-2-3-8(4-5)6(7)9/h5H,2-4H2,1H3. The van der Waals surface area contributed by atoms with Crippen LogP contribution in [0, 0.1) is 0 Å². The summed E-state index contributed by atoms with van der Waals surface area (Å²) < 4.78 is 5.04. The average molecular weight is 164 g/mol. The molecule has 0 aromatic heterocycles. The minimum Gasteiger partial charge on any atom is -0.380 e. The monoisotopic (exact) mass is 163 g/mol. The van der Waals surface area contributed by atoms with E-state index in [-0.39, 0.29) is 11.5 Å². The fourth-order valence-corrected chi connectivity index (χ4v) is 1.23. The second-order valence-electron chi connectivity index (χ2n) is 2.35. The largest absolute Gasteiger partial charge is 0.380 e. The molecule has 1 saturated heterocycles. The average Bonchev–Trinajstić information content (AvgIpc) is 2.34. The summed E-state index contributed by atoms with van der Waals surface area (Å²) in [6, 6.07) is 0. The van der Waals surface area contributed by atoms with E-state index in [2.05, 4.69) is 0 Å². The highest BCUT2D eigenvalue weighted by atomic mass is 35.5. The van der Waals surface area contributed by atoms with Crippen LogP contribution in [0.5, 0.6) is 0 Å². The molecule has 1 atom stereocenters. The Labute approximate surface area is 64.9 Å². The highest BCUT2D eigenvalue weighted by Gasteiger charge is 2.24. The number of likely N-dealkylation sites (tertiary alicyclic amines) is 1. The topological polar surface area (TPSA) is 29.5 Å². The lowest BCUT2D eigenvalue weighted by molar-refractivity contribution is 0.112. The number of halogens is 1. The number of carbonyl (C=O) groups is 1.